The molecule has 6 heteroatoms. The normalized spacial score (nSPS) is 14.3. The molecular weight excluding hydrogens is 376 g/mol. The van der Waals surface area contributed by atoms with Crippen LogP contribution in [0.2, 0.25) is 0 Å². The van der Waals surface area contributed by atoms with Crippen molar-refractivity contribution in [1.29, 1.82) is 0 Å². The number of anilines is 2. The molecule has 1 aliphatic heterocycles. The lowest BCUT2D eigenvalue weighted by molar-refractivity contribution is 0.0954. The number of hydrogen-bond donors (Lipinski definition) is 2. The Balaban J connectivity index is 1.76. The van der Waals surface area contributed by atoms with Gasteiger partial charge in [-0.05, 0) is 48.9 Å². The van der Waals surface area contributed by atoms with E-state index in [1.54, 1.807) is 20.2 Å². The largest absolute Gasteiger partial charge is 0.371 e. The van der Waals surface area contributed by atoms with Gasteiger partial charge in [0.25, 0.3) is 5.91 Å². The van der Waals surface area contributed by atoms with Crippen molar-refractivity contribution in [1.82, 2.24) is 10.2 Å². The van der Waals surface area contributed by atoms with E-state index in [9.17, 15) is 9.59 Å². The molecule has 0 aliphatic carbocycles. The first-order chi connectivity index (χ1) is 14.4. The number of carbonyl (C=O) groups is 2. The van der Waals surface area contributed by atoms with Crippen LogP contribution in [0, 0.1) is 5.92 Å². The van der Waals surface area contributed by atoms with Gasteiger partial charge >= 0.3 is 6.03 Å². The molecule has 30 heavy (non-hydrogen) atoms. The van der Waals surface area contributed by atoms with Crippen molar-refractivity contribution < 1.29 is 9.59 Å². The van der Waals surface area contributed by atoms with Gasteiger partial charge in [0.15, 0.2) is 0 Å². The molecule has 0 atom stereocenters. The first-order valence-corrected chi connectivity index (χ1v) is 10.6. The van der Waals surface area contributed by atoms with Gasteiger partial charge in [0.1, 0.15) is 0 Å². The molecule has 160 valence electrons. The van der Waals surface area contributed by atoms with Gasteiger partial charge in [-0.1, -0.05) is 37.3 Å². The molecule has 2 aromatic carbocycles. The summed E-state index contributed by atoms with van der Waals surface area (Å²) in [5, 5.41) is 5.89. The summed E-state index contributed by atoms with van der Waals surface area (Å²) >= 11 is 0. The Morgan fingerprint density at radius 1 is 1.07 bits per heavy atom. The van der Waals surface area contributed by atoms with Crippen molar-refractivity contribution in [2.24, 2.45) is 5.92 Å². The smallest absolute Gasteiger partial charge is 0.321 e. The van der Waals surface area contributed by atoms with Gasteiger partial charge in [0.05, 0.1) is 5.56 Å². The van der Waals surface area contributed by atoms with Crippen molar-refractivity contribution in [3.63, 3.8) is 0 Å². The molecule has 0 aromatic heterocycles. The van der Waals surface area contributed by atoms with Crippen LogP contribution in [0.25, 0.3) is 0 Å². The van der Waals surface area contributed by atoms with Crippen molar-refractivity contribution in [2.75, 3.05) is 43.9 Å². The van der Waals surface area contributed by atoms with E-state index in [0.717, 1.165) is 38.0 Å². The fourth-order valence-corrected chi connectivity index (χ4v) is 3.62. The van der Waals surface area contributed by atoms with Crippen LogP contribution in [-0.2, 0) is 6.42 Å². The lowest BCUT2D eigenvalue weighted by Crippen LogP contribution is -2.35. The molecule has 0 radical (unpaired) electrons. The molecule has 2 aromatic rings. The number of nitrogens with one attached hydrogen (secondary N) is 2. The Bertz CT molecular complexity index is 859. The average molecular weight is 409 g/mol. The molecule has 1 aliphatic rings. The minimum absolute atomic E-state index is 0.111. The number of benzene rings is 2. The maximum Gasteiger partial charge on any atom is 0.321 e. The molecule has 0 unspecified atom stereocenters. The zero-order chi connectivity index (χ0) is 21.5. The summed E-state index contributed by atoms with van der Waals surface area (Å²) in [5.41, 5.74) is 3.35. The number of nitrogens with zero attached hydrogens (tertiary/aromatic N) is 2. The maximum atomic E-state index is 13.1. The zero-order valence-corrected chi connectivity index (χ0v) is 18.1. The Labute approximate surface area is 179 Å². The molecule has 0 spiro atoms. The Morgan fingerprint density at radius 3 is 2.43 bits per heavy atom. The van der Waals surface area contributed by atoms with Crippen LogP contribution < -0.4 is 15.5 Å². The summed E-state index contributed by atoms with van der Waals surface area (Å²) in [4.78, 5) is 28.9. The highest BCUT2D eigenvalue weighted by Gasteiger charge is 2.22. The van der Waals surface area contributed by atoms with E-state index < -0.39 is 0 Å². The number of rotatable bonds is 6. The maximum absolute atomic E-state index is 13.1. The summed E-state index contributed by atoms with van der Waals surface area (Å²) in [7, 11) is 3.38. The highest BCUT2D eigenvalue weighted by Crippen LogP contribution is 2.28. The summed E-state index contributed by atoms with van der Waals surface area (Å²) in [6.07, 6.45) is 3.02. The van der Waals surface area contributed by atoms with Crippen molar-refractivity contribution >= 4 is 23.3 Å². The van der Waals surface area contributed by atoms with Crippen LogP contribution in [0.1, 0.15) is 35.7 Å². The third-order valence-electron chi connectivity index (χ3n) is 5.57. The molecular formula is C24H32N4O2. The fourth-order valence-electron chi connectivity index (χ4n) is 3.62. The minimum atomic E-state index is -0.218. The quantitative estimate of drug-likeness (QED) is 0.760. The third-order valence-corrected chi connectivity index (χ3v) is 5.57. The summed E-state index contributed by atoms with van der Waals surface area (Å²) in [5.74, 6) is 0.601. The van der Waals surface area contributed by atoms with Gasteiger partial charge in [-0.2, -0.15) is 0 Å². The molecule has 1 fully saturated rings. The third kappa shape index (κ3) is 5.75. The standard InChI is InChI=1S/C24H32N4O2/c1-18-12-15-28(16-13-18)22-10-9-20(26-24(30)27(2)3)17-21(22)23(29)25-14-11-19-7-5-4-6-8-19/h4-10,17-18H,11-16H2,1-3H3,(H,25,29)(H,26,30). The second-order valence-corrected chi connectivity index (χ2v) is 8.22. The summed E-state index contributed by atoms with van der Waals surface area (Å²) in [6.45, 7) is 4.71. The van der Waals surface area contributed by atoms with Crippen LogP contribution in [0.3, 0.4) is 0 Å². The highest BCUT2D eigenvalue weighted by molar-refractivity contribution is 6.02. The van der Waals surface area contributed by atoms with Crippen LogP contribution in [0.4, 0.5) is 16.2 Å². The number of piperidine rings is 1. The summed E-state index contributed by atoms with van der Waals surface area (Å²) in [6, 6.07) is 15.5. The van der Waals surface area contributed by atoms with Gasteiger partial charge < -0.3 is 20.4 Å². The lowest BCUT2D eigenvalue weighted by atomic mass is 9.97. The van der Waals surface area contributed by atoms with Crippen LogP contribution in [0.15, 0.2) is 48.5 Å². The van der Waals surface area contributed by atoms with Gasteiger partial charge in [-0.15, -0.1) is 0 Å². The molecule has 1 saturated heterocycles. The second kappa shape index (κ2) is 10.1. The lowest BCUT2D eigenvalue weighted by Gasteiger charge is -2.33. The van der Waals surface area contributed by atoms with E-state index >= 15 is 0 Å². The molecule has 1 heterocycles. The number of carbonyl (C=O) groups excluding carboxylic acids is 2. The van der Waals surface area contributed by atoms with Crippen LogP contribution >= 0.6 is 0 Å². The molecule has 3 rings (SSSR count). The van der Waals surface area contributed by atoms with E-state index in [-0.39, 0.29) is 11.9 Å². The molecule has 0 bridgehead atoms. The Hall–Kier alpha value is -3.02. The van der Waals surface area contributed by atoms with Gasteiger partial charge in [-0.3, -0.25) is 4.79 Å². The first kappa shape index (κ1) is 21.7. The highest BCUT2D eigenvalue weighted by atomic mass is 16.2. The molecule has 2 N–H and O–H groups in total. The van der Waals surface area contributed by atoms with Crippen LogP contribution in [0.5, 0.6) is 0 Å². The monoisotopic (exact) mass is 408 g/mol. The minimum Gasteiger partial charge on any atom is -0.371 e. The van der Waals surface area contributed by atoms with Gasteiger partial charge in [-0.25, -0.2) is 4.79 Å². The topological polar surface area (TPSA) is 64.7 Å². The number of hydrogen-bond acceptors (Lipinski definition) is 3. The molecule has 3 amide bonds. The van der Waals surface area contributed by atoms with E-state index in [2.05, 4.69) is 34.6 Å². The van der Waals surface area contributed by atoms with E-state index in [4.69, 9.17) is 0 Å². The van der Waals surface area contributed by atoms with Crippen molar-refractivity contribution in [3.05, 3.63) is 59.7 Å². The van der Waals surface area contributed by atoms with E-state index in [1.807, 2.05) is 30.3 Å². The average Bonchev–Trinajstić information content (AvgIpc) is 2.75. The second-order valence-electron chi connectivity index (χ2n) is 8.22. The summed E-state index contributed by atoms with van der Waals surface area (Å²) < 4.78 is 0. The number of amides is 3. The van der Waals surface area contributed by atoms with E-state index in [1.165, 1.54) is 10.5 Å². The molecule has 0 saturated carbocycles. The fraction of sp³-hybridized carbons (Fsp3) is 0.417. The predicted octanol–water partition coefficient (Wildman–Crippen LogP) is 3.99. The zero-order valence-electron chi connectivity index (χ0n) is 18.1. The van der Waals surface area contributed by atoms with Gasteiger partial charge in [0, 0.05) is 45.1 Å². The Kier molecular flexibility index (Phi) is 7.33. The van der Waals surface area contributed by atoms with Gasteiger partial charge in [0.2, 0.25) is 0 Å². The Morgan fingerprint density at radius 2 is 1.77 bits per heavy atom. The molecule has 6 nitrogen and oxygen atoms in total. The first-order valence-electron chi connectivity index (χ1n) is 10.6. The van der Waals surface area contributed by atoms with Crippen molar-refractivity contribution in [3.8, 4) is 0 Å². The van der Waals surface area contributed by atoms with Crippen LogP contribution in [-0.4, -0.2) is 50.6 Å². The van der Waals surface area contributed by atoms with E-state index in [0.29, 0.717) is 23.7 Å². The number of urea groups is 1. The predicted molar refractivity (Wildman–Crippen MR) is 122 cm³/mol. The van der Waals surface area contributed by atoms with Crippen molar-refractivity contribution in [2.45, 2.75) is 26.2 Å². The SMILES string of the molecule is CC1CCN(c2ccc(NC(=O)N(C)C)cc2C(=O)NCCc2ccccc2)CC1.